The summed E-state index contributed by atoms with van der Waals surface area (Å²) in [5.41, 5.74) is 2.72. The standard InChI is InChI=1S/C15H14BrFO/c1-10-7-12(5-6-14(10)16)15(18)9-11-3-2-4-13(17)8-11/h2-8,15,18H,9H2,1H3. The van der Waals surface area contributed by atoms with Crippen LogP contribution in [0.15, 0.2) is 46.9 Å². The molecule has 0 aliphatic heterocycles. The molecule has 0 aliphatic rings. The first kappa shape index (κ1) is 13.2. The lowest BCUT2D eigenvalue weighted by atomic mass is 10.00. The van der Waals surface area contributed by atoms with Gasteiger partial charge >= 0.3 is 0 Å². The summed E-state index contributed by atoms with van der Waals surface area (Å²) < 4.78 is 14.1. The van der Waals surface area contributed by atoms with E-state index in [9.17, 15) is 9.50 Å². The van der Waals surface area contributed by atoms with E-state index in [-0.39, 0.29) is 5.82 Å². The molecule has 0 amide bonds. The van der Waals surface area contributed by atoms with Crippen molar-refractivity contribution >= 4 is 15.9 Å². The summed E-state index contributed by atoms with van der Waals surface area (Å²) in [7, 11) is 0. The van der Waals surface area contributed by atoms with Gasteiger partial charge in [-0.25, -0.2) is 4.39 Å². The first-order valence-corrected chi connectivity index (χ1v) is 6.54. The van der Waals surface area contributed by atoms with E-state index >= 15 is 0 Å². The van der Waals surface area contributed by atoms with Crippen molar-refractivity contribution in [2.24, 2.45) is 0 Å². The molecule has 0 aromatic heterocycles. The number of rotatable bonds is 3. The maximum Gasteiger partial charge on any atom is 0.123 e. The van der Waals surface area contributed by atoms with E-state index < -0.39 is 6.10 Å². The molecule has 2 rings (SSSR count). The second-order valence-electron chi connectivity index (χ2n) is 4.36. The highest BCUT2D eigenvalue weighted by Gasteiger charge is 2.10. The molecule has 0 bridgehead atoms. The Kier molecular flexibility index (Phi) is 4.15. The van der Waals surface area contributed by atoms with E-state index in [1.807, 2.05) is 31.2 Å². The number of aliphatic hydroxyl groups excluding tert-OH is 1. The van der Waals surface area contributed by atoms with Crippen LogP contribution < -0.4 is 0 Å². The maximum absolute atomic E-state index is 13.0. The Hall–Kier alpha value is -1.19. The van der Waals surface area contributed by atoms with E-state index in [1.165, 1.54) is 12.1 Å². The van der Waals surface area contributed by atoms with Crippen molar-refractivity contribution in [1.82, 2.24) is 0 Å². The predicted octanol–water partition coefficient (Wildman–Crippen LogP) is 4.17. The molecule has 0 saturated carbocycles. The lowest BCUT2D eigenvalue weighted by Gasteiger charge is -2.12. The van der Waals surface area contributed by atoms with Gasteiger partial charge in [-0.1, -0.05) is 40.2 Å². The maximum atomic E-state index is 13.0. The molecule has 1 atom stereocenters. The van der Waals surface area contributed by atoms with Crippen molar-refractivity contribution in [3.63, 3.8) is 0 Å². The van der Waals surface area contributed by atoms with Crippen LogP contribution in [-0.2, 0) is 6.42 Å². The minimum absolute atomic E-state index is 0.272. The average molecular weight is 309 g/mol. The van der Waals surface area contributed by atoms with Crippen LogP contribution in [0.5, 0.6) is 0 Å². The van der Waals surface area contributed by atoms with Crippen molar-refractivity contribution < 1.29 is 9.50 Å². The summed E-state index contributed by atoms with van der Waals surface area (Å²) in [5.74, 6) is -0.272. The van der Waals surface area contributed by atoms with E-state index in [4.69, 9.17) is 0 Å². The number of hydrogen-bond acceptors (Lipinski definition) is 1. The first-order valence-electron chi connectivity index (χ1n) is 5.75. The highest BCUT2D eigenvalue weighted by molar-refractivity contribution is 9.10. The van der Waals surface area contributed by atoms with E-state index in [0.29, 0.717) is 6.42 Å². The lowest BCUT2D eigenvalue weighted by Crippen LogP contribution is -2.02. The van der Waals surface area contributed by atoms with Gasteiger partial charge in [0.05, 0.1) is 6.10 Å². The van der Waals surface area contributed by atoms with Gasteiger partial charge in [-0.05, 0) is 41.8 Å². The minimum atomic E-state index is -0.612. The highest BCUT2D eigenvalue weighted by Crippen LogP contribution is 2.23. The first-order chi connectivity index (χ1) is 8.56. The Labute approximate surface area is 114 Å². The Morgan fingerprint density at radius 1 is 1.22 bits per heavy atom. The molecule has 0 radical (unpaired) electrons. The molecule has 0 fully saturated rings. The van der Waals surface area contributed by atoms with Crippen LogP contribution in [0.4, 0.5) is 4.39 Å². The summed E-state index contributed by atoms with van der Waals surface area (Å²) in [6, 6.07) is 12.1. The van der Waals surface area contributed by atoms with E-state index in [1.54, 1.807) is 6.07 Å². The molecule has 0 aliphatic carbocycles. The Morgan fingerprint density at radius 3 is 2.67 bits per heavy atom. The van der Waals surface area contributed by atoms with Gasteiger partial charge in [-0.15, -0.1) is 0 Å². The molecule has 2 aromatic rings. The van der Waals surface area contributed by atoms with Crippen LogP contribution in [-0.4, -0.2) is 5.11 Å². The predicted molar refractivity (Wildman–Crippen MR) is 73.9 cm³/mol. The Balaban J connectivity index is 2.16. The lowest BCUT2D eigenvalue weighted by molar-refractivity contribution is 0.178. The SMILES string of the molecule is Cc1cc(C(O)Cc2cccc(F)c2)ccc1Br. The van der Waals surface area contributed by atoms with Gasteiger partial charge in [0.1, 0.15) is 5.82 Å². The second-order valence-corrected chi connectivity index (χ2v) is 5.21. The van der Waals surface area contributed by atoms with Crippen LogP contribution in [0, 0.1) is 12.7 Å². The van der Waals surface area contributed by atoms with Gasteiger partial charge in [0.15, 0.2) is 0 Å². The van der Waals surface area contributed by atoms with E-state index in [2.05, 4.69) is 15.9 Å². The van der Waals surface area contributed by atoms with Crippen molar-refractivity contribution in [3.05, 3.63) is 69.4 Å². The molecule has 3 heteroatoms. The highest BCUT2D eigenvalue weighted by atomic mass is 79.9. The number of aliphatic hydroxyl groups is 1. The van der Waals surface area contributed by atoms with Crippen molar-refractivity contribution in [2.75, 3.05) is 0 Å². The molecule has 0 heterocycles. The fourth-order valence-electron chi connectivity index (χ4n) is 1.88. The van der Waals surface area contributed by atoms with Gasteiger partial charge in [0.25, 0.3) is 0 Å². The number of hydrogen-bond donors (Lipinski definition) is 1. The topological polar surface area (TPSA) is 20.2 Å². The van der Waals surface area contributed by atoms with Crippen LogP contribution in [0.1, 0.15) is 22.8 Å². The molecular weight excluding hydrogens is 295 g/mol. The summed E-state index contributed by atoms with van der Waals surface area (Å²) in [6.07, 6.45) is -0.197. The van der Waals surface area contributed by atoms with Crippen LogP contribution >= 0.6 is 15.9 Å². The van der Waals surface area contributed by atoms with Crippen LogP contribution in [0.3, 0.4) is 0 Å². The zero-order valence-corrected chi connectivity index (χ0v) is 11.6. The summed E-state index contributed by atoms with van der Waals surface area (Å²) >= 11 is 3.42. The quantitative estimate of drug-likeness (QED) is 0.902. The molecule has 18 heavy (non-hydrogen) atoms. The zero-order chi connectivity index (χ0) is 13.1. The molecule has 1 nitrogen and oxygen atoms in total. The van der Waals surface area contributed by atoms with E-state index in [0.717, 1.165) is 21.2 Å². The van der Waals surface area contributed by atoms with Crippen molar-refractivity contribution in [2.45, 2.75) is 19.4 Å². The molecular formula is C15H14BrFO. The largest absolute Gasteiger partial charge is 0.388 e. The fraction of sp³-hybridized carbons (Fsp3) is 0.200. The van der Waals surface area contributed by atoms with Gasteiger partial charge < -0.3 is 5.11 Å². The molecule has 1 N–H and O–H groups in total. The Bertz CT molecular complexity index is 554. The van der Waals surface area contributed by atoms with Crippen molar-refractivity contribution in [3.8, 4) is 0 Å². The summed E-state index contributed by atoms with van der Waals surface area (Å²) in [5, 5.41) is 10.1. The smallest absolute Gasteiger partial charge is 0.123 e. The minimum Gasteiger partial charge on any atom is -0.388 e. The fourth-order valence-corrected chi connectivity index (χ4v) is 2.13. The van der Waals surface area contributed by atoms with Gasteiger partial charge in [0, 0.05) is 10.9 Å². The van der Waals surface area contributed by atoms with Gasteiger partial charge in [0.2, 0.25) is 0 Å². The number of halogens is 2. The third kappa shape index (κ3) is 3.18. The Morgan fingerprint density at radius 2 is 2.00 bits per heavy atom. The van der Waals surface area contributed by atoms with Crippen LogP contribution in [0.25, 0.3) is 0 Å². The normalized spacial score (nSPS) is 12.4. The monoisotopic (exact) mass is 308 g/mol. The second kappa shape index (κ2) is 5.63. The average Bonchev–Trinajstić information content (AvgIpc) is 2.32. The summed E-state index contributed by atoms with van der Waals surface area (Å²) in [6.45, 7) is 1.97. The zero-order valence-electron chi connectivity index (χ0n) is 10.0. The third-order valence-corrected chi connectivity index (χ3v) is 3.77. The number of benzene rings is 2. The molecule has 1 unspecified atom stereocenters. The molecule has 94 valence electrons. The van der Waals surface area contributed by atoms with Gasteiger partial charge in [-0.2, -0.15) is 0 Å². The summed E-state index contributed by atoms with van der Waals surface area (Å²) in [4.78, 5) is 0. The molecule has 2 aromatic carbocycles. The molecule has 0 saturated heterocycles. The van der Waals surface area contributed by atoms with Crippen molar-refractivity contribution in [1.29, 1.82) is 0 Å². The van der Waals surface area contributed by atoms with Crippen LogP contribution in [0.2, 0.25) is 0 Å². The third-order valence-electron chi connectivity index (χ3n) is 2.88. The molecule has 0 spiro atoms. The van der Waals surface area contributed by atoms with Gasteiger partial charge in [-0.3, -0.25) is 0 Å². The number of aryl methyl sites for hydroxylation is 1.